The molecule has 8 nitrogen and oxygen atoms in total. The highest BCUT2D eigenvalue weighted by atomic mass is 32.2. The molecule has 33 heavy (non-hydrogen) atoms. The summed E-state index contributed by atoms with van der Waals surface area (Å²) in [4.78, 5) is 40.2. The number of ketones is 1. The van der Waals surface area contributed by atoms with Crippen LogP contribution in [0.25, 0.3) is 6.08 Å². The number of ether oxygens (including phenoxy) is 4. The number of hydrogen-bond acceptors (Lipinski definition) is 9. The lowest BCUT2D eigenvalue weighted by molar-refractivity contribution is -0.141. The number of pyridine rings is 1. The molecule has 174 valence electrons. The van der Waals surface area contributed by atoms with Gasteiger partial charge in [-0.1, -0.05) is 23.9 Å². The Hall–Kier alpha value is -3.59. The predicted octanol–water partition coefficient (Wildman–Crippen LogP) is 3.88. The van der Waals surface area contributed by atoms with Crippen molar-refractivity contribution in [2.75, 3.05) is 27.1 Å². The van der Waals surface area contributed by atoms with Crippen LogP contribution in [0.2, 0.25) is 0 Å². The molecule has 1 heterocycles. The van der Waals surface area contributed by atoms with Crippen molar-refractivity contribution in [1.82, 2.24) is 4.98 Å². The van der Waals surface area contributed by atoms with Crippen molar-refractivity contribution in [1.29, 1.82) is 0 Å². The Kier molecular flexibility index (Phi) is 10.2. The second-order valence-electron chi connectivity index (χ2n) is 6.43. The SMILES string of the molecule is C/C=C/C(=O)SCC(=O)OCc1cccc(/C=C/C(=O)c2cc(OC)c(OC)c(OC)c2)n1. The zero-order valence-electron chi connectivity index (χ0n) is 18.8. The van der Waals surface area contributed by atoms with E-state index in [2.05, 4.69) is 4.98 Å². The standard InChI is InChI=1S/C24H25NO7S/c1-5-7-23(28)33-15-22(27)32-14-18-9-6-8-17(25-18)10-11-19(26)16-12-20(29-2)24(31-4)21(13-16)30-3/h5-13H,14-15H2,1-4H3/b7-5+,11-10+. The summed E-state index contributed by atoms with van der Waals surface area (Å²) in [5.41, 5.74) is 1.38. The van der Waals surface area contributed by atoms with Gasteiger partial charge in [0, 0.05) is 5.56 Å². The number of aromatic nitrogens is 1. The first-order valence-corrected chi connectivity index (χ1v) is 10.8. The first-order valence-electron chi connectivity index (χ1n) is 9.85. The number of thioether (sulfide) groups is 1. The maximum absolute atomic E-state index is 12.7. The molecule has 2 aromatic rings. The Balaban J connectivity index is 2.03. The highest BCUT2D eigenvalue weighted by molar-refractivity contribution is 8.14. The fourth-order valence-corrected chi connectivity index (χ4v) is 3.24. The minimum absolute atomic E-state index is 0.0420. The first kappa shape index (κ1) is 25.7. The van der Waals surface area contributed by atoms with Crippen molar-refractivity contribution in [3.8, 4) is 17.2 Å². The Bertz CT molecular complexity index is 1040. The zero-order valence-corrected chi connectivity index (χ0v) is 19.6. The third-order valence-corrected chi connectivity index (χ3v) is 5.00. The molecule has 0 aliphatic carbocycles. The van der Waals surface area contributed by atoms with Crippen molar-refractivity contribution in [2.24, 2.45) is 0 Å². The van der Waals surface area contributed by atoms with Crippen LogP contribution in [0, 0.1) is 0 Å². The summed E-state index contributed by atoms with van der Waals surface area (Å²) in [6, 6.07) is 8.29. The molecule has 0 saturated carbocycles. The van der Waals surface area contributed by atoms with E-state index in [1.807, 2.05) is 0 Å². The molecule has 0 spiro atoms. The lowest BCUT2D eigenvalue weighted by Crippen LogP contribution is -2.09. The summed E-state index contributed by atoms with van der Waals surface area (Å²) >= 11 is 0.869. The van der Waals surface area contributed by atoms with E-state index in [4.69, 9.17) is 18.9 Å². The molecule has 0 fully saturated rings. The third-order valence-electron chi connectivity index (χ3n) is 4.20. The minimum Gasteiger partial charge on any atom is -0.493 e. The highest BCUT2D eigenvalue weighted by Crippen LogP contribution is 2.38. The molecule has 1 aromatic carbocycles. The van der Waals surface area contributed by atoms with Crippen LogP contribution in [0.4, 0.5) is 0 Å². The summed E-state index contributed by atoms with van der Waals surface area (Å²) in [7, 11) is 4.44. The molecule has 2 rings (SSSR count). The summed E-state index contributed by atoms with van der Waals surface area (Å²) in [6.45, 7) is 1.68. The molecule has 0 atom stereocenters. The molecule has 0 aliphatic heterocycles. The predicted molar refractivity (Wildman–Crippen MR) is 126 cm³/mol. The fourth-order valence-electron chi connectivity index (χ4n) is 2.66. The van der Waals surface area contributed by atoms with Gasteiger partial charge in [0.1, 0.15) is 6.61 Å². The molecule has 0 saturated heterocycles. The lowest BCUT2D eigenvalue weighted by Gasteiger charge is -2.13. The quantitative estimate of drug-likeness (QED) is 0.274. The van der Waals surface area contributed by atoms with Crippen molar-refractivity contribution in [3.05, 3.63) is 65.5 Å². The monoisotopic (exact) mass is 471 g/mol. The molecular formula is C24H25NO7S. The van der Waals surface area contributed by atoms with Gasteiger partial charge in [0.2, 0.25) is 10.9 Å². The molecule has 0 bridgehead atoms. The maximum Gasteiger partial charge on any atom is 0.316 e. The number of rotatable bonds is 11. The molecule has 1 aromatic heterocycles. The minimum atomic E-state index is -0.516. The van der Waals surface area contributed by atoms with E-state index in [1.54, 1.807) is 49.4 Å². The van der Waals surface area contributed by atoms with Crippen LogP contribution >= 0.6 is 11.8 Å². The van der Waals surface area contributed by atoms with Gasteiger partial charge in [0.05, 0.1) is 38.5 Å². The molecule has 0 N–H and O–H groups in total. The van der Waals surface area contributed by atoms with Gasteiger partial charge in [0.15, 0.2) is 17.3 Å². The molecule has 0 aliphatic rings. The fraction of sp³-hybridized carbons (Fsp3) is 0.250. The number of methoxy groups -OCH3 is 3. The van der Waals surface area contributed by atoms with E-state index in [9.17, 15) is 14.4 Å². The Labute approximate surface area is 196 Å². The van der Waals surface area contributed by atoms with Crippen molar-refractivity contribution in [2.45, 2.75) is 13.5 Å². The number of allylic oxidation sites excluding steroid dienone is 2. The average molecular weight is 472 g/mol. The molecular weight excluding hydrogens is 446 g/mol. The van der Waals surface area contributed by atoms with Crippen LogP contribution in [0.1, 0.15) is 28.7 Å². The topological polar surface area (TPSA) is 101 Å². The summed E-state index contributed by atoms with van der Waals surface area (Å²) < 4.78 is 21.0. The number of nitrogens with zero attached hydrogens (tertiary/aromatic N) is 1. The Morgan fingerprint density at radius 2 is 1.70 bits per heavy atom. The van der Waals surface area contributed by atoms with Crippen LogP contribution < -0.4 is 14.2 Å². The number of hydrogen-bond donors (Lipinski definition) is 0. The van der Waals surface area contributed by atoms with Crippen molar-refractivity contribution >= 4 is 34.7 Å². The van der Waals surface area contributed by atoms with Crippen LogP contribution in [0.3, 0.4) is 0 Å². The third kappa shape index (κ3) is 7.80. The summed E-state index contributed by atoms with van der Waals surface area (Å²) in [5.74, 6) is 0.275. The van der Waals surface area contributed by atoms with Crippen LogP contribution in [-0.4, -0.2) is 48.9 Å². The number of carbonyl (C=O) groups is 3. The molecule has 0 unspecified atom stereocenters. The molecule has 0 radical (unpaired) electrons. The van der Waals surface area contributed by atoms with E-state index in [-0.39, 0.29) is 23.3 Å². The van der Waals surface area contributed by atoms with E-state index in [0.717, 1.165) is 11.8 Å². The normalized spacial score (nSPS) is 10.9. The average Bonchev–Trinajstić information content (AvgIpc) is 2.84. The van der Waals surface area contributed by atoms with Gasteiger partial charge in [-0.15, -0.1) is 0 Å². The largest absolute Gasteiger partial charge is 0.493 e. The highest BCUT2D eigenvalue weighted by Gasteiger charge is 2.16. The lowest BCUT2D eigenvalue weighted by atomic mass is 10.1. The summed E-state index contributed by atoms with van der Waals surface area (Å²) in [6.07, 6.45) is 5.93. The maximum atomic E-state index is 12.7. The van der Waals surface area contributed by atoms with Gasteiger partial charge < -0.3 is 18.9 Å². The van der Waals surface area contributed by atoms with Crippen molar-refractivity contribution < 1.29 is 33.3 Å². The van der Waals surface area contributed by atoms with Gasteiger partial charge in [-0.3, -0.25) is 14.4 Å². The molecule has 0 amide bonds. The number of benzene rings is 1. The second-order valence-corrected chi connectivity index (χ2v) is 7.41. The van der Waals surface area contributed by atoms with Gasteiger partial charge in [-0.25, -0.2) is 4.98 Å². The van der Waals surface area contributed by atoms with Gasteiger partial charge in [-0.05, 0) is 49.4 Å². The van der Waals surface area contributed by atoms with Crippen LogP contribution in [0.15, 0.2) is 48.6 Å². The smallest absolute Gasteiger partial charge is 0.316 e. The molecule has 9 heteroatoms. The van der Waals surface area contributed by atoms with E-state index in [1.165, 1.54) is 33.5 Å². The van der Waals surface area contributed by atoms with Crippen molar-refractivity contribution in [3.63, 3.8) is 0 Å². The second kappa shape index (κ2) is 13.1. The Morgan fingerprint density at radius 1 is 1.00 bits per heavy atom. The van der Waals surface area contributed by atoms with E-state index in [0.29, 0.717) is 34.2 Å². The van der Waals surface area contributed by atoms with Crippen LogP contribution in [0.5, 0.6) is 17.2 Å². The zero-order chi connectivity index (χ0) is 24.2. The van der Waals surface area contributed by atoms with Gasteiger partial charge in [0.25, 0.3) is 0 Å². The first-order chi connectivity index (χ1) is 15.9. The number of carbonyl (C=O) groups excluding carboxylic acids is 3. The van der Waals surface area contributed by atoms with Gasteiger partial charge >= 0.3 is 5.97 Å². The van der Waals surface area contributed by atoms with Gasteiger partial charge in [-0.2, -0.15) is 0 Å². The Morgan fingerprint density at radius 3 is 2.30 bits per heavy atom. The number of esters is 1. The summed E-state index contributed by atoms with van der Waals surface area (Å²) in [5, 5.41) is -0.212. The van der Waals surface area contributed by atoms with Crippen LogP contribution in [-0.2, 0) is 20.9 Å². The van der Waals surface area contributed by atoms with E-state index < -0.39 is 5.97 Å². The van der Waals surface area contributed by atoms with E-state index >= 15 is 0 Å².